The van der Waals surface area contributed by atoms with E-state index in [4.69, 9.17) is 10.8 Å². The molecule has 0 aromatic heterocycles. The summed E-state index contributed by atoms with van der Waals surface area (Å²) in [6.45, 7) is 0. The van der Waals surface area contributed by atoms with Gasteiger partial charge in [-0.15, -0.1) is 0 Å². The number of nitrogens with two attached hydrogens (primary N) is 1. The van der Waals surface area contributed by atoms with Crippen LogP contribution in [-0.2, 0) is 0 Å². The number of rotatable bonds is 0. The van der Waals surface area contributed by atoms with Gasteiger partial charge in [0.25, 0.3) is 0 Å². The van der Waals surface area contributed by atoms with Gasteiger partial charge in [-0.05, 0) is 12.1 Å². The fourth-order valence-corrected chi connectivity index (χ4v) is 0.472. The summed E-state index contributed by atoms with van der Waals surface area (Å²) in [5, 5.41) is 8.71. The van der Waals surface area contributed by atoms with Crippen LogP contribution >= 0.6 is 0 Å². The highest BCUT2D eigenvalue weighted by molar-refractivity contribution is 5.41. The Kier molecular flexibility index (Phi) is 1.08. The van der Waals surface area contributed by atoms with Crippen molar-refractivity contribution in [2.24, 2.45) is 0 Å². The molecular weight excluding hydrogens is 102 g/mol. The van der Waals surface area contributed by atoms with E-state index >= 15 is 0 Å². The van der Waals surface area contributed by atoms with Crippen LogP contribution in [-0.4, -0.2) is 5.11 Å². The van der Waals surface area contributed by atoms with Crippen LogP contribution in [0, 0.1) is 6.07 Å². The SMILES string of the molecule is Nc1[c]ccc(O)c1. The summed E-state index contributed by atoms with van der Waals surface area (Å²) in [7, 11) is 0. The minimum atomic E-state index is 0.182. The third kappa shape index (κ3) is 0.904. The van der Waals surface area contributed by atoms with E-state index in [1.807, 2.05) is 0 Å². The van der Waals surface area contributed by atoms with Gasteiger partial charge in [-0.2, -0.15) is 0 Å². The fraction of sp³-hybridized carbons (Fsp3) is 0. The van der Waals surface area contributed by atoms with Crippen LogP contribution in [0.2, 0.25) is 0 Å². The molecule has 0 spiro atoms. The monoisotopic (exact) mass is 108 g/mol. The van der Waals surface area contributed by atoms with Crippen molar-refractivity contribution in [2.45, 2.75) is 0 Å². The first kappa shape index (κ1) is 4.97. The summed E-state index contributed by atoms with van der Waals surface area (Å²) >= 11 is 0. The number of phenolic OH excluding ortho intramolecular Hbond substituents is 1. The highest BCUT2D eigenvalue weighted by atomic mass is 16.3. The Morgan fingerprint density at radius 2 is 2.38 bits per heavy atom. The van der Waals surface area contributed by atoms with E-state index in [-0.39, 0.29) is 5.75 Å². The van der Waals surface area contributed by atoms with E-state index < -0.39 is 0 Å². The Morgan fingerprint density at radius 1 is 1.62 bits per heavy atom. The maximum absolute atomic E-state index is 8.71. The van der Waals surface area contributed by atoms with Crippen molar-refractivity contribution in [2.75, 3.05) is 5.73 Å². The minimum absolute atomic E-state index is 0.182. The zero-order valence-electron chi connectivity index (χ0n) is 4.26. The largest absolute Gasteiger partial charge is 0.508 e. The third-order valence-corrected chi connectivity index (χ3v) is 0.807. The first-order chi connectivity index (χ1) is 3.79. The van der Waals surface area contributed by atoms with Gasteiger partial charge in [-0.3, -0.25) is 0 Å². The highest BCUT2D eigenvalue weighted by Crippen LogP contribution is 2.10. The van der Waals surface area contributed by atoms with Gasteiger partial charge >= 0.3 is 0 Å². The van der Waals surface area contributed by atoms with Crippen molar-refractivity contribution in [1.29, 1.82) is 0 Å². The van der Waals surface area contributed by atoms with Crippen LogP contribution < -0.4 is 5.73 Å². The molecule has 0 fully saturated rings. The molecule has 0 saturated heterocycles. The van der Waals surface area contributed by atoms with Gasteiger partial charge in [0.2, 0.25) is 0 Å². The minimum Gasteiger partial charge on any atom is -0.508 e. The molecule has 0 aliphatic heterocycles. The van der Waals surface area contributed by atoms with Gasteiger partial charge in [0.15, 0.2) is 0 Å². The Bertz CT molecular complexity index is 168. The molecule has 0 aliphatic rings. The zero-order chi connectivity index (χ0) is 5.98. The summed E-state index contributed by atoms with van der Waals surface area (Å²) < 4.78 is 0. The van der Waals surface area contributed by atoms with Crippen molar-refractivity contribution in [1.82, 2.24) is 0 Å². The van der Waals surface area contributed by atoms with Gasteiger partial charge in [-0.1, -0.05) is 0 Å². The lowest BCUT2D eigenvalue weighted by molar-refractivity contribution is 0.475. The molecule has 3 N–H and O–H groups in total. The summed E-state index contributed by atoms with van der Waals surface area (Å²) in [6, 6.07) is 7.23. The van der Waals surface area contributed by atoms with Crippen LogP contribution in [0.4, 0.5) is 5.69 Å². The van der Waals surface area contributed by atoms with Crippen LogP contribution in [0.3, 0.4) is 0 Å². The Balaban J connectivity index is 3.08. The number of anilines is 1. The lowest BCUT2D eigenvalue weighted by Crippen LogP contribution is -1.81. The van der Waals surface area contributed by atoms with Crippen molar-refractivity contribution in [3.63, 3.8) is 0 Å². The van der Waals surface area contributed by atoms with Gasteiger partial charge in [0.1, 0.15) is 5.75 Å². The molecule has 41 valence electrons. The fourth-order valence-electron chi connectivity index (χ4n) is 0.472. The van der Waals surface area contributed by atoms with Crippen molar-refractivity contribution >= 4 is 5.69 Å². The molecule has 0 amide bonds. The molecular formula is C6H6NO. The molecule has 0 bridgehead atoms. The predicted molar refractivity (Wildman–Crippen MR) is 31.4 cm³/mol. The summed E-state index contributed by atoms with van der Waals surface area (Å²) in [4.78, 5) is 0. The summed E-state index contributed by atoms with van der Waals surface area (Å²) in [5.74, 6) is 0.182. The zero-order valence-corrected chi connectivity index (χ0v) is 4.26. The van der Waals surface area contributed by atoms with Crippen LogP contribution in [0.5, 0.6) is 5.75 Å². The van der Waals surface area contributed by atoms with Crippen molar-refractivity contribution in [3.05, 3.63) is 24.3 Å². The molecule has 0 unspecified atom stereocenters. The molecule has 0 heterocycles. The van der Waals surface area contributed by atoms with E-state index in [2.05, 4.69) is 6.07 Å². The molecule has 2 nitrogen and oxygen atoms in total. The van der Waals surface area contributed by atoms with E-state index in [0.717, 1.165) is 0 Å². The second-order valence-corrected chi connectivity index (χ2v) is 1.50. The average Bonchev–Trinajstić information content (AvgIpc) is 1.64. The molecule has 0 saturated carbocycles. The second kappa shape index (κ2) is 1.74. The van der Waals surface area contributed by atoms with Gasteiger partial charge in [-0.25, -0.2) is 0 Å². The number of hydrogen-bond donors (Lipinski definition) is 2. The van der Waals surface area contributed by atoms with Crippen molar-refractivity contribution in [3.8, 4) is 5.75 Å². The second-order valence-electron chi connectivity index (χ2n) is 1.50. The van der Waals surface area contributed by atoms with Crippen LogP contribution in [0.1, 0.15) is 0 Å². The van der Waals surface area contributed by atoms with Gasteiger partial charge < -0.3 is 10.8 Å². The highest BCUT2D eigenvalue weighted by Gasteiger charge is 1.84. The Hall–Kier alpha value is -1.18. The Labute approximate surface area is 47.6 Å². The number of phenols is 1. The summed E-state index contributed by atoms with van der Waals surface area (Å²) in [5.41, 5.74) is 5.71. The molecule has 2 heteroatoms. The number of aromatic hydroxyl groups is 1. The smallest absolute Gasteiger partial charge is 0.117 e. The van der Waals surface area contributed by atoms with Crippen LogP contribution in [0.25, 0.3) is 0 Å². The maximum atomic E-state index is 8.71. The third-order valence-electron chi connectivity index (χ3n) is 0.807. The average molecular weight is 108 g/mol. The van der Waals surface area contributed by atoms with Gasteiger partial charge in [0.05, 0.1) is 0 Å². The molecule has 1 rings (SSSR count). The number of hydrogen-bond acceptors (Lipinski definition) is 2. The van der Waals surface area contributed by atoms with Crippen LogP contribution in [0.15, 0.2) is 18.2 Å². The van der Waals surface area contributed by atoms with E-state index in [1.165, 1.54) is 12.1 Å². The van der Waals surface area contributed by atoms with Gasteiger partial charge in [0, 0.05) is 17.8 Å². The summed E-state index contributed by atoms with van der Waals surface area (Å²) in [6.07, 6.45) is 0. The van der Waals surface area contributed by atoms with E-state index in [9.17, 15) is 0 Å². The lowest BCUT2D eigenvalue weighted by atomic mass is 10.3. The standard InChI is InChI=1S/C6H6NO/c7-5-2-1-3-6(8)4-5/h1,3-4,8H,7H2. The normalized spacial score (nSPS) is 9.00. The quantitative estimate of drug-likeness (QED) is 0.482. The van der Waals surface area contributed by atoms with Crippen molar-refractivity contribution < 1.29 is 5.11 Å². The Morgan fingerprint density at radius 3 is 2.75 bits per heavy atom. The first-order valence-corrected chi connectivity index (χ1v) is 2.25. The maximum Gasteiger partial charge on any atom is 0.117 e. The van der Waals surface area contributed by atoms with E-state index in [0.29, 0.717) is 5.69 Å². The predicted octanol–water partition coefficient (Wildman–Crippen LogP) is 0.775. The molecule has 1 aromatic carbocycles. The number of nitrogen functional groups attached to an aromatic ring is 1. The molecule has 1 aromatic rings. The molecule has 1 radical (unpaired) electrons. The molecule has 0 aliphatic carbocycles. The first-order valence-electron chi connectivity index (χ1n) is 2.25. The van der Waals surface area contributed by atoms with E-state index in [1.54, 1.807) is 6.07 Å². The molecule has 0 atom stereocenters. The molecule has 8 heavy (non-hydrogen) atoms. The number of benzene rings is 1. The lowest BCUT2D eigenvalue weighted by Gasteiger charge is -1.89. The topological polar surface area (TPSA) is 46.2 Å².